The summed E-state index contributed by atoms with van der Waals surface area (Å²) in [5.41, 5.74) is 1.28. The standard InChI is InChI=1S/C16H27N3O/c1-3-9-17-16-8-7-14(11-18-16)12-19-10-5-6-15(13-19)20-4-2/h7-8,11,15H,3-6,9-10,12-13H2,1-2H3,(H,17,18). The second-order valence-electron chi connectivity index (χ2n) is 5.43. The molecule has 1 atom stereocenters. The molecule has 2 heterocycles. The van der Waals surface area contributed by atoms with Gasteiger partial charge in [0.05, 0.1) is 6.10 Å². The molecule has 4 heteroatoms. The molecule has 0 spiro atoms. The Morgan fingerprint density at radius 2 is 2.30 bits per heavy atom. The summed E-state index contributed by atoms with van der Waals surface area (Å²) >= 11 is 0. The minimum atomic E-state index is 0.409. The van der Waals surface area contributed by atoms with Crippen molar-refractivity contribution in [1.29, 1.82) is 0 Å². The third-order valence-corrected chi connectivity index (χ3v) is 3.65. The van der Waals surface area contributed by atoms with Crippen LogP contribution in [0.2, 0.25) is 0 Å². The molecule has 112 valence electrons. The lowest BCUT2D eigenvalue weighted by atomic mass is 10.1. The Kier molecular flexibility index (Phi) is 6.27. The van der Waals surface area contributed by atoms with Crippen LogP contribution in [-0.2, 0) is 11.3 Å². The molecule has 0 amide bonds. The highest BCUT2D eigenvalue weighted by Crippen LogP contribution is 2.16. The Bertz CT molecular complexity index is 378. The fourth-order valence-electron chi connectivity index (χ4n) is 2.66. The zero-order valence-electron chi connectivity index (χ0n) is 12.8. The van der Waals surface area contributed by atoms with Gasteiger partial charge in [0.25, 0.3) is 0 Å². The normalized spacial score (nSPS) is 20.0. The summed E-state index contributed by atoms with van der Waals surface area (Å²) in [6.07, 6.45) is 5.95. The monoisotopic (exact) mass is 277 g/mol. The van der Waals surface area contributed by atoms with Gasteiger partial charge in [-0.2, -0.15) is 0 Å². The predicted molar refractivity (Wildman–Crippen MR) is 82.9 cm³/mol. The zero-order valence-corrected chi connectivity index (χ0v) is 12.8. The van der Waals surface area contributed by atoms with Gasteiger partial charge in [-0.3, -0.25) is 4.90 Å². The van der Waals surface area contributed by atoms with Gasteiger partial charge >= 0.3 is 0 Å². The lowest BCUT2D eigenvalue weighted by Crippen LogP contribution is -2.39. The van der Waals surface area contributed by atoms with Crippen molar-refractivity contribution in [2.24, 2.45) is 0 Å². The van der Waals surface area contributed by atoms with Crippen molar-refractivity contribution < 1.29 is 4.74 Å². The SMILES string of the molecule is CCCNc1ccc(CN2CCCC(OCC)C2)cn1. The summed E-state index contributed by atoms with van der Waals surface area (Å²) < 4.78 is 5.75. The van der Waals surface area contributed by atoms with E-state index in [2.05, 4.69) is 41.2 Å². The number of nitrogens with one attached hydrogen (secondary N) is 1. The van der Waals surface area contributed by atoms with Crippen LogP contribution in [0.3, 0.4) is 0 Å². The molecule has 1 aliphatic rings. The van der Waals surface area contributed by atoms with E-state index in [1.54, 1.807) is 0 Å². The van der Waals surface area contributed by atoms with E-state index in [1.807, 2.05) is 6.20 Å². The van der Waals surface area contributed by atoms with Crippen LogP contribution in [-0.4, -0.2) is 42.2 Å². The summed E-state index contributed by atoms with van der Waals surface area (Å²) in [5.74, 6) is 0.974. The number of likely N-dealkylation sites (tertiary alicyclic amines) is 1. The van der Waals surface area contributed by atoms with Crippen molar-refractivity contribution in [2.75, 3.05) is 31.6 Å². The number of ether oxygens (including phenoxy) is 1. The highest BCUT2D eigenvalue weighted by atomic mass is 16.5. The van der Waals surface area contributed by atoms with Crippen LogP contribution in [0.1, 0.15) is 38.7 Å². The van der Waals surface area contributed by atoms with E-state index in [4.69, 9.17) is 4.74 Å². The average Bonchev–Trinajstić information content (AvgIpc) is 2.47. The molecule has 1 fully saturated rings. The Hall–Kier alpha value is -1.13. The molecule has 2 rings (SSSR count). The molecule has 1 aromatic rings. The van der Waals surface area contributed by atoms with Crippen LogP contribution in [0, 0.1) is 0 Å². The van der Waals surface area contributed by atoms with Crippen molar-refractivity contribution in [1.82, 2.24) is 9.88 Å². The summed E-state index contributed by atoms with van der Waals surface area (Å²) in [7, 11) is 0. The minimum Gasteiger partial charge on any atom is -0.377 e. The van der Waals surface area contributed by atoms with Crippen molar-refractivity contribution >= 4 is 5.82 Å². The van der Waals surface area contributed by atoms with Gasteiger partial charge in [0.2, 0.25) is 0 Å². The first-order valence-corrected chi connectivity index (χ1v) is 7.84. The van der Waals surface area contributed by atoms with Gasteiger partial charge in [0.15, 0.2) is 0 Å². The smallest absolute Gasteiger partial charge is 0.125 e. The van der Waals surface area contributed by atoms with Crippen molar-refractivity contribution in [2.45, 2.75) is 45.8 Å². The van der Waals surface area contributed by atoms with Gasteiger partial charge in [-0.1, -0.05) is 13.0 Å². The Labute approximate surface area is 122 Å². The molecule has 0 radical (unpaired) electrons. The van der Waals surface area contributed by atoms with Gasteiger partial charge in [-0.25, -0.2) is 4.98 Å². The molecule has 1 N–H and O–H groups in total. The summed E-state index contributed by atoms with van der Waals surface area (Å²) in [6, 6.07) is 4.25. The summed E-state index contributed by atoms with van der Waals surface area (Å²) in [6.45, 7) is 9.22. The summed E-state index contributed by atoms with van der Waals surface area (Å²) in [4.78, 5) is 6.94. The first kappa shape index (κ1) is 15.3. The minimum absolute atomic E-state index is 0.409. The summed E-state index contributed by atoms with van der Waals surface area (Å²) in [5, 5.41) is 3.30. The lowest BCUT2D eigenvalue weighted by Gasteiger charge is -2.32. The van der Waals surface area contributed by atoms with Crippen LogP contribution < -0.4 is 5.32 Å². The number of rotatable bonds is 7. The van der Waals surface area contributed by atoms with E-state index in [-0.39, 0.29) is 0 Å². The van der Waals surface area contributed by atoms with E-state index in [0.29, 0.717) is 6.10 Å². The maximum absolute atomic E-state index is 5.75. The van der Waals surface area contributed by atoms with Gasteiger partial charge in [0.1, 0.15) is 5.82 Å². The van der Waals surface area contributed by atoms with Crippen molar-refractivity contribution in [3.63, 3.8) is 0 Å². The number of anilines is 1. The number of hydrogen-bond donors (Lipinski definition) is 1. The highest BCUT2D eigenvalue weighted by Gasteiger charge is 2.19. The highest BCUT2D eigenvalue weighted by molar-refractivity contribution is 5.35. The van der Waals surface area contributed by atoms with E-state index < -0.39 is 0 Å². The predicted octanol–water partition coefficient (Wildman–Crippen LogP) is 2.90. The van der Waals surface area contributed by atoms with Crippen molar-refractivity contribution in [3.8, 4) is 0 Å². The fraction of sp³-hybridized carbons (Fsp3) is 0.688. The van der Waals surface area contributed by atoms with Crippen LogP contribution in [0.25, 0.3) is 0 Å². The molecule has 0 aliphatic carbocycles. The molecule has 1 aromatic heterocycles. The van der Waals surface area contributed by atoms with Crippen LogP contribution in [0.4, 0.5) is 5.82 Å². The molecule has 0 saturated carbocycles. The van der Waals surface area contributed by atoms with Crippen LogP contribution in [0.5, 0.6) is 0 Å². The topological polar surface area (TPSA) is 37.4 Å². The first-order chi connectivity index (χ1) is 9.81. The van der Waals surface area contributed by atoms with Crippen molar-refractivity contribution in [3.05, 3.63) is 23.9 Å². The lowest BCUT2D eigenvalue weighted by molar-refractivity contribution is 0.00361. The molecule has 4 nitrogen and oxygen atoms in total. The van der Waals surface area contributed by atoms with E-state index in [1.165, 1.54) is 24.9 Å². The number of pyridine rings is 1. The molecule has 1 unspecified atom stereocenters. The number of nitrogens with zero attached hydrogens (tertiary/aromatic N) is 2. The number of aromatic nitrogens is 1. The Morgan fingerprint density at radius 3 is 3.00 bits per heavy atom. The van der Waals surface area contributed by atoms with Crippen LogP contribution in [0.15, 0.2) is 18.3 Å². The largest absolute Gasteiger partial charge is 0.377 e. The third kappa shape index (κ3) is 4.76. The quantitative estimate of drug-likeness (QED) is 0.831. The third-order valence-electron chi connectivity index (χ3n) is 3.65. The van der Waals surface area contributed by atoms with E-state index >= 15 is 0 Å². The molecule has 1 saturated heterocycles. The van der Waals surface area contributed by atoms with Gasteiger partial charge < -0.3 is 10.1 Å². The Morgan fingerprint density at radius 1 is 1.40 bits per heavy atom. The Balaban J connectivity index is 1.83. The average molecular weight is 277 g/mol. The van der Waals surface area contributed by atoms with E-state index in [9.17, 15) is 0 Å². The zero-order chi connectivity index (χ0) is 14.2. The van der Waals surface area contributed by atoms with Gasteiger partial charge in [-0.05, 0) is 44.4 Å². The fourth-order valence-corrected chi connectivity index (χ4v) is 2.66. The number of hydrogen-bond acceptors (Lipinski definition) is 4. The second-order valence-corrected chi connectivity index (χ2v) is 5.43. The molecular formula is C16H27N3O. The molecule has 20 heavy (non-hydrogen) atoms. The maximum atomic E-state index is 5.75. The van der Waals surface area contributed by atoms with E-state index in [0.717, 1.165) is 38.5 Å². The molecule has 0 bridgehead atoms. The maximum Gasteiger partial charge on any atom is 0.125 e. The number of piperidine rings is 1. The second kappa shape index (κ2) is 8.22. The van der Waals surface area contributed by atoms with Crippen LogP contribution >= 0.6 is 0 Å². The first-order valence-electron chi connectivity index (χ1n) is 7.84. The van der Waals surface area contributed by atoms with Gasteiger partial charge in [0, 0.05) is 32.4 Å². The molecule has 1 aliphatic heterocycles. The molecular weight excluding hydrogens is 250 g/mol. The van der Waals surface area contributed by atoms with Gasteiger partial charge in [-0.15, -0.1) is 0 Å². The molecule has 0 aromatic carbocycles.